The number of carbonyl (C=O) groups is 1. The zero-order valence-electron chi connectivity index (χ0n) is 20.0. The van der Waals surface area contributed by atoms with Crippen molar-refractivity contribution in [2.75, 3.05) is 32.0 Å². The van der Waals surface area contributed by atoms with Gasteiger partial charge in [0.05, 0.1) is 23.7 Å². The molecule has 1 unspecified atom stereocenters. The number of aldehydes is 1. The molecule has 0 bridgehead atoms. The van der Waals surface area contributed by atoms with E-state index in [1.807, 2.05) is 0 Å². The molecule has 2 heterocycles. The van der Waals surface area contributed by atoms with Crippen LogP contribution >= 0.6 is 0 Å². The van der Waals surface area contributed by atoms with Crippen molar-refractivity contribution >= 4 is 23.0 Å². The fraction of sp³-hybridized carbons (Fsp3) is 0.640. The largest absolute Gasteiger partial charge is 0.416 e. The van der Waals surface area contributed by atoms with Gasteiger partial charge in [-0.2, -0.15) is 13.2 Å². The number of aliphatic hydroxyl groups excluding tert-OH is 1. The van der Waals surface area contributed by atoms with Crippen molar-refractivity contribution in [3.05, 3.63) is 30.1 Å². The standard InChI is InChI=1S/C14H26N2O.C11H8F3N3O/c1-15-12-8-16(9-12)13-6-4-11(5-7-13)14(17)10-2-3-10;12-11(13,14)7-1-2-9-8(5-7)10(15-3-4-18)17-6-16-9/h10-15,17H,2-9H2,1H3;1-2,4-6H,3H2,(H,15,16,17). The van der Waals surface area contributed by atoms with E-state index < -0.39 is 11.7 Å². The van der Waals surface area contributed by atoms with Gasteiger partial charge in [-0.05, 0) is 75.6 Å². The SMILES string of the molecule is CNC1CN(C2CCC(C(O)C3CC3)CC2)C1.O=CCNc1ncnc2ccc(C(F)(F)F)cc12. The summed E-state index contributed by atoms with van der Waals surface area (Å²) in [5, 5.41) is 16.4. The molecule has 2 aliphatic carbocycles. The summed E-state index contributed by atoms with van der Waals surface area (Å²) >= 11 is 0. The van der Waals surface area contributed by atoms with Crippen LogP contribution in [0, 0.1) is 11.8 Å². The number of aliphatic hydroxyl groups is 1. The number of rotatable bonds is 7. The molecule has 1 saturated heterocycles. The number of nitrogens with zero attached hydrogens (tertiary/aromatic N) is 3. The third kappa shape index (κ3) is 6.48. The van der Waals surface area contributed by atoms with Crippen molar-refractivity contribution in [2.45, 2.75) is 62.9 Å². The number of aromatic nitrogens is 2. The molecule has 1 atom stereocenters. The normalized spacial score (nSPS) is 24.3. The predicted octanol–water partition coefficient (Wildman–Crippen LogP) is 3.48. The van der Waals surface area contributed by atoms with E-state index in [2.05, 4.69) is 32.5 Å². The lowest BCUT2D eigenvalue weighted by molar-refractivity contribution is -0.137. The maximum Gasteiger partial charge on any atom is 0.416 e. The number of hydrogen-bond donors (Lipinski definition) is 3. The highest BCUT2D eigenvalue weighted by molar-refractivity contribution is 5.90. The van der Waals surface area contributed by atoms with Gasteiger partial charge in [0.2, 0.25) is 0 Å². The van der Waals surface area contributed by atoms with Crippen LogP contribution in [0.3, 0.4) is 0 Å². The molecule has 3 fully saturated rings. The first-order valence-electron chi connectivity index (χ1n) is 12.4. The molecule has 1 aliphatic heterocycles. The molecule has 0 radical (unpaired) electrons. The number of anilines is 1. The van der Waals surface area contributed by atoms with E-state index in [1.54, 1.807) is 0 Å². The van der Waals surface area contributed by atoms with Crippen LogP contribution in [0.15, 0.2) is 24.5 Å². The van der Waals surface area contributed by atoms with Gasteiger partial charge in [-0.3, -0.25) is 4.90 Å². The average Bonchev–Trinajstić information content (AvgIpc) is 3.67. The second kappa shape index (κ2) is 11.2. The summed E-state index contributed by atoms with van der Waals surface area (Å²) in [6.45, 7) is 2.44. The number of fused-ring (bicyclic) bond motifs is 1. The third-order valence-electron chi connectivity index (χ3n) is 7.48. The van der Waals surface area contributed by atoms with Crippen molar-refractivity contribution in [1.29, 1.82) is 0 Å². The topological polar surface area (TPSA) is 90.4 Å². The fourth-order valence-electron chi connectivity index (χ4n) is 5.14. The number of hydrogen-bond acceptors (Lipinski definition) is 7. The van der Waals surface area contributed by atoms with Gasteiger partial charge in [0, 0.05) is 30.6 Å². The molecule has 0 spiro atoms. The second-order valence-corrected chi connectivity index (χ2v) is 9.84. The van der Waals surface area contributed by atoms with Crippen LogP contribution in [0.5, 0.6) is 0 Å². The molecule has 192 valence electrons. The number of nitrogens with one attached hydrogen (secondary N) is 2. The van der Waals surface area contributed by atoms with Gasteiger partial charge >= 0.3 is 6.18 Å². The molecular weight excluding hydrogens is 459 g/mol. The zero-order chi connectivity index (χ0) is 25.0. The highest BCUT2D eigenvalue weighted by Crippen LogP contribution is 2.41. The van der Waals surface area contributed by atoms with Crippen molar-refractivity contribution < 1.29 is 23.1 Å². The Morgan fingerprint density at radius 1 is 1.11 bits per heavy atom. The van der Waals surface area contributed by atoms with Crippen LogP contribution in [0.25, 0.3) is 10.9 Å². The lowest BCUT2D eigenvalue weighted by Gasteiger charge is -2.47. The van der Waals surface area contributed by atoms with Gasteiger partial charge in [0.25, 0.3) is 0 Å². The molecule has 2 aromatic rings. The Kier molecular flexibility index (Phi) is 8.23. The van der Waals surface area contributed by atoms with Gasteiger partial charge < -0.3 is 20.5 Å². The van der Waals surface area contributed by atoms with Crippen LogP contribution in [0.1, 0.15) is 44.1 Å². The van der Waals surface area contributed by atoms with Gasteiger partial charge in [0.1, 0.15) is 18.4 Å². The van der Waals surface area contributed by atoms with Crippen molar-refractivity contribution in [2.24, 2.45) is 11.8 Å². The summed E-state index contributed by atoms with van der Waals surface area (Å²) in [4.78, 5) is 20.6. The lowest BCUT2D eigenvalue weighted by Crippen LogP contribution is -2.60. The summed E-state index contributed by atoms with van der Waals surface area (Å²) in [6.07, 6.45) is 5.10. The molecule has 0 amide bonds. The molecule has 7 nitrogen and oxygen atoms in total. The number of alkyl halides is 3. The van der Waals surface area contributed by atoms with E-state index in [1.165, 1.54) is 64.0 Å². The Morgan fingerprint density at radius 3 is 2.34 bits per heavy atom. The van der Waals surface area contributed by atoms with Gasteiger partial charge in [-0.1, -0.05) is 0 Å². The molecule has 10 heteroatoms. The minimum atomic E-state index is -4.42. The van der Waals surface area contributed by atoms with Crippen molar-refractivity contribution in [1.82, 2.24) is 20.2 Å². The van der Waals surface area contributed by atoms with Crippen LogP contribution in [0.4, 0.5) is 19.0 Å². The van der Waals surface area contributed by atoms with Gasteiger partial charge in [-0.15, -0.1) is 0 Å². The Labute approximate surface area is 203 Å². The molecule has 35 heavy (non-hydrogen) atoms. The van der Waals surface area contributed by atoms with Gasteiger partial charge in [-0.25, -0.2) is 9.97 Å². The molecule has 1 aromatic heterocycles. The number of likely N-dealkylation sites (N-methyl/N-ethyl adjacent to an activating group) is 1. The molecular formula is C25H34F3N5O2. The fourth-order valence-corrected chi connectivity index (χ4v) is 5.14. The highest BCUT2D eigenvalue weighted by Gasteiger charge is 2.39. The molecule has 1 aromatic carbocycles. The minimum Gasteiger partial charge on any atom is -0.393 e. The van der Waals surface area contributed by atoms with E-state index in [0.29, 0.717) is 23.6 Å². The Hall–Kier alpha value is -2.30. The minimum absolute atomic E-state index is 0.0254. The number of halogens is 3. The smallest absolute Gasteiger partial charge is 0.393 e. The molecule has 5 rings (SSSR count). The van der Waals surface area contributed by atoms with E-state index >= 15 is 0 Å². The summed E-state index contributed by atoms with van der Waals surface area (Å²) in [7, 11) is 2.06. The van der Waals surface area contributed by atoms with Gasteiger partial charge in [0.15, 0.2) is 0 Å². The van der Waals surface area contributed by atoms with E-state index in [9.17, 15) is 23.1 Å². The molecule has 3 aliphatic rings. The van der Waals surface area contributed by atoms with Crippen LogP contribution in [-0.2, 0) is 11.0 Å². The van der Waals surface area contributed by atoms with E-state index in [-0.39, 0.29) is 23.9 Å². The summed E-state index contributed by atoms with van der Waals surface area (Å²) in [5.74, 6) is 1.48. The number of benzene rings is 1. The highest BCUT2D eigenvalue weighted by atomic mass is 19.4. The molecule has 3 N–H and O–H groups in total. The Bertz CT molecular complexity index is 987. The predicted molar refractivity (Wildman–Crippen MR) is 128 cm³/mol. The second-order valence-electron chi connectivity index (χ2n) is 9.84. The molecule has 2 saturated carbocycles. The summed E-state index contributed by atoms with van der Waals surface area (Å²) in [5.41, 5.74) is -0.398. The van der Waals surface area contributed by atoms with E-state index in [0.717, 1.165) is 24.2 Å². The lowest BCUT2D eigenvalue weighted by atomic mass is 9.80. The average molecular weight is 494 g/mol. The first-order valence-corrected chi connectivity index (χ1v) is 12.4. The van der Waals surface area contributed by atoms with Crippen LogP contribution in [-0.4, -0.2) is 71.1 Å². The van der Waals surface area contributed by atoms with Crippen LogP contribution < -0.4 is 10.6 Å². The van der Waals surface area contributed by atoms with E-state index in [4.69, 9.17) is 0 Å². The Morgan fingerprint density at radius 2 is 1.77 bits per heavy atom. The number of likely N-dealkylation sites (tertiary alicyclic amines) is 1. The zero-order valence-corrected chi connectivity index (χ0v) is 20.0. The maximum absolute atomic E-state index is 12.6. The summed E-state index contributed by atoms with van der Waals surface area (Å²) < 4.78 is 37.7. The quantitative estimate of drug-likeness (QED) is 0.509. The van der Waals surface area contributed by atoms with Crippen molar-refractivity contribution in [3.8, 4) is 0 Å². The Balaban J connectivity index is 0.000000165. The van der Waals surface area contributed by atoms with Crippen molar-refractivity contribution in [3.63, 3.8) is 0 Å². The van der Waals surface area contributed by atoms with Crippen LogP contribution in [0.2, 0.25) is 0 Å². The monoisotopic (exact) mass is 493 g/mol. The summed E-state index contributed by atoms with van der Waals surface area (Å²) in [6, 6.07) is 4.72. The third-order valence-corrected chi connectivity index (χ3v) is 7.48. The first-order chi connectivity index (χ1) is 16.8. The number of carbonyl (C=O) groups excluding carboxylic acids is 1. The maximum atomic E-state index is 12.6. The first kappa shape index (κ1) is 25.8.